The highest BCUT2D eigenvalue weighted by Crippen LogP contribution is 2.30. The molecular formula is C16H18N2O2. The highest BCUT2D eigenvalue weighted by atomic mass is 16.4. The first-order valence-electron chi connectivity index (χ1n) is 6.55. The van der Waals surface area contributed by atoms with Crippen LogP contribution in [0.5, 0.6) is 0 Å². The smallest absolute Gasteiger partial charge is 0.354 e. The maximum Gasteiger partial charge on any atom is 0.354 e. The minimum Gasteiger partial charge on any atom is -0.477 e. The molecule has 1 heterocycles. The Bertz CT molecular complexity index is 636. The summed E-state index contributed by atoms with van der Waals surface area (Å²) >= 11 is 0. The van der Waals surface area contributed by atoms with Gasteiger partial charge in [-0.15, -0.1) is 0 Å². The zero-order chi connectivity index (χ0) is 14.7. The second-order valence-electron chi connectivity index (χ2n) is 5.05. The third kappa shape index (κ3) is 2.96. The second-order valence-corrected chi connectivity index (χ2v) is 5.05. The van der Waals surface area contributed by atoms with Gasteiger partial charge in [-0.1, -0.05) is 32.0 Å². The van der Waals surface area contributed by atoms with Crippen LogP contribution in [0.1, 0.15) is 41.4 Å². The molecule has 104 valence electrons. The molecule has 1 aromatic carbocycles. The van der Waals surface area contributed by atoms with E-state index in [0.717, 1.165) is 16.9 Å². The first-order chi connectivity index (χ1) is 9.49. The van der Waals surface area contributed by atoms with Crippen molar-refractivity contribution in [3.63, 3.8) is 0 Å². The number of rotatable bonds is 4. The van der Waals surface area contributed by atoms with Gasteiger partial charge in [0, 0.05) is 17.6 Å². The van der Waals surface area contributed by atoms with Crippen LogP contribution in [0.3, 0.4) is 0 Å². The number of para-hydroxylation sites is 1. The topological polar surface area (TPSA) is 62.2 Å². The zero-order valence-electron chi connectivity index (χ0n) is 11.8. The fourth-order valence-electron chi connectivity index (χ4n) is 2.11. The Morgan fingerprint density at radius 2 is 2.05 bits per heavy atom. The lowest BCUT2D eigenvalue weighted by Gasteiger charge is -2.17. The van der Waals surface area contributed by atoms with Crippen molar-refractivity contribution >= 4 is 17.3 Å². The monoisotopic (exact) mass is 270 g/mol. The van der Waals surface area contributed by atoms with Crippen LogP contribution in [-0.2, 0) is 0 Å². The number of carboxylic acids is 1. The number of aromatic carboxylic acids is 1. The summed E-state index contributed by atoms with van der Waals surface area (Å²) in [5, 5.41) is 12.3. The largest absolute Gasteiger partial charge is 0.477 e. The molecule has 0 atom stereocenters. The molecule has 0 saturated carbocycles. The summed E-state index contributed by atoms with van der Waals surface area (Å²) in [4.78, 5) is 14.8. The lowest BCUT2D eigenvalue weighted by molar-refractivity contribution is 0.0690. The van der Waals surface area contributed by atoms with Gasteiger partial charge in [-0.25, -0.2) is 9.78 Å². The van der Waals surface area contributed by atoms with E-state index in [0.29, 0.717) is 5.92 Å². The van der Waals surface area contributed by atoms with Crippen LogP contribution in [0.2, 0.25) is 0 Å². The van der Waals surface area contributed by atoms with Crippen LogP contribution >= 0.6 is 0 Å². The number of aryl methyl sites for hydroxylation is 1. The zero-order valence-corrected chi connectivity index (χ0v) is 11.8. The predicted octanol–water partition coefficient (Wildman–Crippen LogP) is 3.96. The molecule has 0 radical (unpaired) electrons. The number of anilines is 2. The van der Waals surface area contributed by atoms with E-state index in [-0.39, 0.29) is 5.69 Å². The van der Waals surface area contributed by atoms with Gasteiger partial charge in [0.2, 0.25) is 0 Å². The average Bonchev–Trinajstić information content (AvgIpc) is 2.41. The molecule has 2 N–H and O–H groups in total. The van der Waals surface area contributed by atoms with Crippen LogP contribution in [-0.4, -0.2) is 16.1 Å². The van der Waals surface area contributed by atoms with Gasteiger partial charge in [0.15, 0.2) is 0 Å². The van der Waals surface area contributed by atoms with E-state index < -0.39 is 5.97 Å². The molecule has 0 saturated heterocycles. The molecular weight excluding hydrogens is 252 g/mol. The van der Waals surface area contributed by atoms with Crippen LogP contribution in [0.15, 0.2) is 36.5 Å². The number of benzene rings is 1. The Morgan fingerprint density at radius 1 is 1.30 bits per heavy atom. The van der Waals surface area contributed by atoms with Crippen molar-refractivity contribution in [3.8, 4) is 0 Å². The lowest BCUT2D eigenvalue weighted by atomic mass is 9.98. The summed E-state index contributed by atoms with van der Waals surface area (Å²) in [5.74, 6) is -0.638. The van der Waals surface area contributed by atoms with Gasteiger partial charge in [0.25, 0.3) is 0 Å². The molecule has 0 spiro atoms. The number of aromatic nitrogens is 1. The standard InChI is InChI=1S/C16H18N2O2/c1-10(2)13-6-4-5-11(3)15(13)18-12-7-8-17-14(9-12)16(19)20/h4-10H,1-3H3,(H,17,18)(H,19,20). The van der Waals surface area contributed by atoms with E-state index >= 15 is 0 Å². The van der Waals surface area contributed by atoms with Crippen molar-refractivity contribution in [3.05, 3.63) is 53.3 Å². The van der Waals surface area contributed by atoms with Crippen LogP contribution in [0.4, 0.5) is 11.4 Å². The highest BCUT2D eigenvalue weighted by molar-refractivity contribution is 5.86. The van der Waals surface area contributed by atoms with Crippen LogP contribution in [0, 0.1) is 6.92 Å². The molecule has 0 aliphatic rings. The predicted molar refractivity (Wildman–Crippen MR) is 79.7 cm³/mol. The van der Waals surface area contributed by atoms with Gasteiger partial charge < -0.3 is 10.4 Å². The Morgan fingerprint density at radius 3 is 2.70 bits per heavy atom. The molecule has 2 rings (SSSR count). The van der Waals surface area contributed by atoms with Gasteiger partial charge >= 0.3 is 5.97 Å². The third-order valence-electron chi connectivity index (χ3n) is 3.18. The number of carbonyl (C=O) groups is 1. The molecule has 2 aromatic rings. The Hall–Kier alpha value is -2.36. The summed E-state index contributed by atoms with van der Waals surface area (Å²) in [6.07, 6.45) is 1.50. The van der Waals surface area contributed by atoms with Crippen molar-refractivity contribution in [2.24, 2.45) is 0 Å². The molecule has 0 unspecified atom stereocenters. The first kappa shape index (κ1) is 14.1. The fourth-order valence-corrected chi connectivity index (χ4v) is 2.11. The van der Waals surface area contributed by atoms with Crippen molar-refractivity contribution in [2.45, 2.75) is 26.7 Å². The van der Waals surface area contributed by atoms with Crippen LogP contribution in [0.25, 0.3) is 0 Å². The van der Waals surface area contributed by atoms with E-state index in [1.54, 1.807) is 12.1 Å². The highest BCUT2D eigenvalue weighted by Gasteiger charge is 2.10. The van der Waals surface area contributed by atoms with Gasteiger partial charge in [-0.3, -0.25) is 0 Å². The van der Waals surface area contributed by atoms with Crippen molar-refractivity contribution in [2.75, 3.05) is 5.32 Å². The molecule has 4 nitrogen and oxygen atoms in total. The third-order valence-corrected chi connectivity index (χ3v) is 3.18. The number of hydrogen-bond donors (Lipinski definition) is 2. The maximum atomic E-state index is 11.0. The van der Waals surface area contributed by atoms with Gasteiger partial charge in [0.1, 0.15) is 5.69 Å². The molecule has 4 heteroatoms. The summed E-state index contributed by atoms with van der Waals surface area (Å²) in [6, 6.07) is 9.46. The van der Waals surface area contributed by atoms with Crippen molar-refractivity contribution < 1.29 is 9.90 Å². The molecule has 0 fully saturated rings. The summed E-state index contributed by atoms with van der Waals surface area (Å²) in [5.41, 5.74) is 4.14. The minimum atomic E-state index is -1.03. The van der Waals surface area contributed by atoms with Gasteiger partial charge in [0.05, 0.1) is 0 Å². The molecule has 0 amide bonds. The van der Waals surface area contributed by atoms with E-state index in [9.17, 15) is 4.79 Å². The van der Waals surface area contributed by atoms with E-state index in [1.807, 2.05) is 19.1 Å². The fraction of sp³-hybridized carbons (Fsp3) is 0.250. The van der Waals surface area contributed by atoms with Crippen molar-refractivity contribution in [1.29, 1.82) is 0 Å². The minimum absolute atomic E-state index is 0.0367. The summed E-state index contributed by atoms with van der Waals surface area (Å²) < 4.78 is 0. The Kier molecular flexibility index (Phi) is 4.03. The first-order valence-corrected chi connectivity index (χ1v) is 6.55. The maximum absolute atomic E-state index is 11.0. The average molecular weight is 270 g/mol. The number of hydrogen-bond acceptors (Lipinski definition) is 3. The van der Waals surface area contributed by atoms with Gasteiger partial charge in [-0.2, -0.15) is 0 Å². The number of carboxylic acid groups (broad SMARTS) is 1. The normalized spacial score (nSPS) is 10.6. The molecule has 0 aliphatic heterocycles. The number of nitrogens with one attached hydrogen (secondary N) is 1. The second kappa shape index (κ2) is 5.74. The lowest BCUT2D eigenvalue weighted by Crippen LogP contribution is -2.03. The van der Waals surface area contributed by atoms with E-state index in [2.05, 4.69) is 30.2 Å². The summed E-state index contributed by atoms with van der Waals surface area (Å²) in [6.45, 7) is 6.30. The SMILES string of the molecule is Cc1cccc(C(C)C)c1Nc1ccnc(C(=O)O)c1. The Balaban J connectivity index is 2.39. The van der Waals surface area contributed by atoms with Crippen LogP contribution < -0.4 is 5.32 Å². The van der Waals surface area contributed by atoms with E-state index in [4.69, 9.17) is 5.11 Å². The molecule has 0 bridgehead atoms. The molecule has 1 aromatic heterocycles. The quantitative estimate of drug-likeness (QED) is 0.882. The molecule has 20 heavy (non-hydrogen) atoms. The van der Waals surface area contributed by atoms with E-state index in [1.165, 1.54) is 11.8 Å². The Labute approximate surface area is 118 Å². The van der Waals surface area contributed by atoms with Gasteiger partial charge in [-0.05, 0) is 36.1 Å². The number of nitrogens with zero attached hydrogens (tertiary/aromatic N) is 1. The molecule has 0 aliphatic carbocycles. The summed E-state index contributed by atoms with van der Waals surface area (Å²) in [7, 11) is 0. The van der Waals surface area contributed by atoms with Crippen molar-refractivity contribution in [1.82, 2.24) is 4.98 Å². The number of pyridine rings is 1.